The maximum absolute atomic E-state index is 9.48. The van der Waals surface area contributed by atoms with E-state index in [1.54, 1.807) is 12.1 Å². The van der Waals surface area contributed by atoms with Crippen molar-refractivity contribution in [2.24, 2.45) is 5.16 Å². The molecular weight excluding hydrogens is 392 g/mol. The predicted molar refractivity (Wildman–Crippen MR) is 117 cm³/mol. The van der Waals surface area contributed by atoms with Crippen molar-refractivity contribution in [3.05, 3.63) is 53.1 Å². The fourth-order valence-corrected chi connectivity index (χ4v) is 3.54. The average molecular weight is 416 g/mol. The van der Waals surface area contributed by atoms with Crippen molar-refractivity contribution in [3.8, 4) is 34.7 Å². The highest BCUT2D eigenvalue weighted by molar-refractivity contribution is 6.05. The monoisotopic (exact) mass is 416 g/mol. The number of hydrogen-bond donors (Lipinski definition) is 0. The van der Waals surface area contributed by atoms with Gasteiger partial charge in [-0.2, -0.15) is 10.2 Å². The molecule has 3 aromatic rings. The summed E-state index contributed by atoms with van der Waals surface area (Å²) in [5, 5.41) is 18.0. The molecule has 0 N–H and O–H groups in total. The Hall–Kier alpha value is -3.66. The summed E-state index contributed by atoms with van der Waals surface area (Å²) in [7, 11) is 0. The van der Waals surface area contributed by atoms with Crippen LogP contribution in [0.4, 0.5) is 0 Å². The van der Waals surface area contributed by atoms with Gasteiger partial charge in [0, 0.05) is 16.7 Å². The van der Waals surface area contributed by atoms with Crippen LogP contribution in [0.1, 0.15) is 50.8 Å². The van der Waals surface area contributed by atoms with Crippen LogP contribution in [-0.2, 0) is 11.3 Å². The second-order valence-electron chi connectivity index (χ2n) is 7.94. The zero-order valence-electron chi connectivity index (χ0n) is 18.0. The molecule has 0 atom stereocenters. The Morgan fingerprint density at radius 2 is 1.87 bits per heavy atom. The molecule has 0 fully saturated rings. The highest BCUT2D eigenvalue weighted by atomic mass is 16.6. The van der Waals surface area contributed by atoms with E-state index in [9.17, 15) is 5.26 Å². The summed E-state index contributed by atoms with van der Waals surface area (Å²) < 4.78 is 11.2. The predicted octanol–water partition coefficient (Wildman–Crippen LogP) is 5.14. The number of aromatic nitrogens is 2. The molecule has 7 heteroatoms. The Labute approximate surface area is 181 Å². The molecule has 0 amide bonds. The van der Waals surface area contributed by atoms with Crippen LogP contribution in [0.2, 0.25) is 0 Å². The maximum Gasteiger partial charge on any atom is 0.258 e. The number of nitriles is 1. The number of ether oxygens (including phenoxy) is 1. The molecule has 0 unspecified atom stereocenters. The van der Waals surface area contributed by atoms with Crippen molar-refractivity contribution < 1.29 is 14.1 Å². The lowest BCUT2D eigenvalue weighted by molar-refractivity contribution is 0.0858. The number of fused-ring (bicyclic) bond motifs is 1. The van der Waals surface area contributed by atoms with Gasteiger partial charge in [0.15, 0.2) is 0 Å². The van der Waals surface area contributed by atoms with Crippen LogP contribution < -0.4 is 4.74 Å². The zero-order valence-corrected chi connectivity index (χ0v) is 18.0. The molecule has 2 aromatic carbocycles. The van der Waals surface area contributed by atoms with Gasteiger partial charge in [-0.15, -0.1) is 0 Å². The first-order valence-electron chi connectivity index (χ1n) is 10.4. The lowest BCUT2D eigenvalue weighted by Gasteiger charge is -2.11. The fourth-order valence-electron chi connectivity index (χ4n) is 3.54. The summed E-state index contributed by atoms with van der Waals surface area (Å²) in [6.45, 7) is 7.75. The van der Waals surface area contributed by atoms with Gasteiger partial charge in [-0.05, 0) is 64.3 Å². The number of oxime groups is 1. The van der Waals surface area contributed by atoms with Gasteiger partial charge in [0.05, 0.1) is 17.4 Å². The minimum absolute atomic E-state index is 0.0208. The fraction of sp³-hybridized carbons (Fsp3) is 0.333. The molecule has 0 aliphatic heterocycles. The van der Waals surface area contributed by atoms with Crippen LogP contribution in [-0.4, -0.2) is 28.1 Å². The molecule has 0 saturated heterocycles. The molecular formula is C24H24N4O3. The Morgan fingerprint density at radius 3 is 2.61 bits per heavy atom. The summed E-state index contributed by atoms with van der Waals surface area (Å²) in [6, 6.07) is 13.4. The molecule has 7 nitrogen and oxygen atoms in total. The SMILES string of the molecule is CC(C)ON=C1CCc2c1cccc2-c1noc(-c2ccc(OC(C)C)c(C#N)c2)n1. The van der Waals surface area contributed by atoms with E-state index in [0.717, 1.165) is 35.2 Å². The van der Waals surface area contributed by atoms with E-state index >= 15 is 0 Å². The van der Waals surface area contributed by atoms with Crippen molar-refractivity contribution >= 4 is 5.71 Å². The first-order valence-corrected chi connectivity index (χ1v) is 10.4. The highest BCUT2D eigenvalue weighted by Crippen LogP contribution is 2.33. The molecule has 4 rings (SSSR count). The van der Waals surface area contributed by atoms with Crippen molar-refractivity contribution in [3.63, 3.8) is 0 Å². The second kappa shape index (κ2) is 8.60. The number of hydrogen-bond acceptors (Lipinski definition) is 7. The number of rotatable bonds is 6. The summed E-state index contributed by atoms with van der Waals surface area (Å²) in [4.78, 5) is 10.0. The minimum Gasteiger partial charge on any atom is -0.490 e. The van der Waals surface area contributed by atoms with Gasteiger partial charge < -0.3 is 14.1 Å². The minimum atomic E-state index is -0.0208. The van der Waals surface area contributed by atoms with E-state index in [-0.39, 0.29) is 12.2 Å². The van der Waals surface area contributed by atoms with E-state index < -0.39 is 0 Å². The molecule has 1 aromatic heterocycles. The molecule has 0 spiro atoms. The molecule has 1 aliphatic carbocycles. The van der Waals surface area contributed by atoms with Gasteiger partial charge in [-0.25, -0.2) is 0 Å². The summed E-state index contributed by atoms with van der Waals surface area (Å²) >= 11 is 0. The summed E-state index contributed by atoms with van der Waals surface area (Å²) in [5.41, 5.74) is 5.16. The molecule has 0 saturated carbocycles. The third-order valence-corrected chi connectivity index (χ3v) is 4.85. The first-order chi connectivity index (χ1) is 15.0. The van der Waals surface area contributed by atoms with Gasteiger partial charge in [-0.3, -0.25) is 0 Å². The van der Waals surface area contributed by atoms with E-state index in [0.29, 0.717) is 28.6 Å². The van der Waals surface area contributed by atoms with E-state index in [1.807, 2.05) is 52.0 Å². The van der Waals surface area contributed by atoms with Crippen molar-refractivity contribution in [1.29, 1.82) is 5.26 Å². The van der Waals surface area contributed by atoms with E-state index in [1.165, 1.54) is 0 Å². The quantitative estimate of drug-likeness (QED) is 0.517. The smallest absolute Gasteiger partial charge is 0.258 e. The largest absolute Gasteiger partial charge is 0.490 e. The summed E-state index contributed by atoms with van der Waals surface area (Å²) in [6.07, 6.45) is 1.67. The van der Waals surface area contributed by atoms with Crippen LogP contribution >= 0.6 is 0 Å². The number of benzene rings is 2. The van der Waals surface area contributed by atoms with Crippen LogP contribution in [0.3, 0.4) is 0 Å². The van der Waals surface area contributed by atoms with Gasteiger partial charge in [0.1, 0.15) is 17.9 Å². The third kappa shape index (κ3) is 4.29. The number of nitrogens with zero attached hydrogens (tertiary/aromatic N) is 4. The standard InChI is InChI=1S/C24H24N4O3/c1-14(2)29-22-11-8-16(12-17(22)13-25)24-26-23(28-31-24)20-7-5-6-19-18(20)9-10-21(19)27-30-15(3)4/h5-8,11-12,14-15H,9-10H2,1-4H3. The van der Waals surface area contributed by atoms with Crippen LogP contribution in [0.25, 0.3) is 22.8 Å². The van der Waals surface area contributed by atoms with E-state index in [4.69, 9.17) is 14.1 Å². The van der Waals surface area contributed by atoms with Gasteiger partial charge >= 0.3 is 0 Å². The van der Waals surface area contributed by atoms with Crippen LogP contribution in [0, 0.1) is 11.3 Å². The zero-order chi connectivity index (χ0) is 22.0. The highest BCUT2D eigenvalue weighted by Gasteiger charge is 2.24. The van der Waals surface area contributed by atoms with E-state index in [2.05, 4.69) is 21.4 Å². The normalized spacial score (nSPS) is 14.2. The molecule has 1 heterocycles. The van der Waals surface area contributed by atoms with Crippen molar-refractivity contribution in [2.45, 2.75) is 52.7 Å². The first kappa shape index (κ1) is 20.6. The lowest BCUT2D eigenvalue weighted by atomic mass is 10.0. The Kier molecular flexibility index (Phi) is 5.72. The molecule has 0 bridgehead atoms. The van der Waals surface area contributed by atoms with Crippen molar-refractivity contribution in [2.75, 3.05) is 0 Å². The Balaban J connectivity index is 1.65. The molecule has 158 valence electrons. The van der Waals surface area contributed by atoms with Crippen LogP contribution in [0.15, 0.2) is 46.1 Å². The van der Waals surface area contributed by atoms with Gasteiger partial charge in [-0.1, -0.05) is 28.5 Å². The maximum atomic E-state index is 9.48. The topological polar surface area (TPSA) is 93.5 Å². The van der Waals surface area contributed by atoms with Crippen molar-refractivity contribution in [1.82, 2.24) is 10.1 Å². The van der Waals surface area contributed by atoms with Crippen LogP contribution in [0.5, 0.6) is 5.75 Å². The Morgan fingerprint density at radius 1 is 1.06 bits per heavy atom. The molecule has 1 aliphatic rings. The third-order valence-electron chi connectivity index (χ3n) is 4.85. The molecule has 31 heavy (non-hydrogen) atoms. The Bertz CT molecular complexity index is 1170. The lowest BCUT2D eigenvalue weighted by Crippen LogP contribution is -2.06. The second-order valence-corrected chi connectivity index (χ2v) is 7.94. The summed E-state index contributed by atoms with van der Waals surface area (Å²) in [5.74, 6) is 1.41. The van der Waals surface area contributed by atoms with Gasteiger partial charge in [0.25, 0.3) is 5.89 Å². The average Bonchev–Trinajstić information content (AvgIpc) is 3.39. The van der Waals surface area contributed by atoms with Gasteiger partial charge in [0.2, 0.25) is 5.82 Å². The molecule has 0 radical (unpaired) electrons.